The standard InChI is InChI=1S/C16H24ClNO3/c1-2-3-12-21-15-7-5-14(6-8-15)16(19)18-10-4-11-20-13-9-17/h5-8H,2-4,9-13H2,1H3,(H,18,19). The molecule has 0 aromatic heterocycles. The highest BCUT2D eigenvalue weighted by molar-refractivity contribution is 6.17. The second kappa shape index (κ2) is 11.4. The molecule has 0 saturated heterocycles. The van der Waals surface area contributed by atoms with Gasteiger partial charge in [0.2, 0.25) is 0 Å². The average molecular weight is 314 g/mol. The zero-order chi connectivity index (χ0) is 15.3. The smallest absolute Gasteiger partial charge is 0.251 e. The lowest BCUT2D eigenvalue weighted by Gasteiger charge is -2.08. The topological polar surface area (TPSA) is 47.6 Å². The van der Waals surface area contributed by atoms with E-state index in [4.69, 9.17) is 21.1 Å². The number of ether oxygens (including phenoxy) is 2. The first-order valence-corrected chi connectivity index (χ1v) is 7.96. The number of halogens is 1. The van der Waals surface area contributed by atoms with Gasteiger partial charge >= 0.3 is 0 Å². The van der Waals surface area contributed by atoms with Gasteiger partial charge in [-0.25, -0.2) is 0 Å². The van der Waals surface area contributed by atoms with Crippen molar-refractivity contribution in [3.63, 3.8) is 0 Å². The second-order valence-electron chi connectivity index (χ2n) is 4.64. The average Bonchev–Trinajstić information content (AvgIpc) is 2.51. The van der Waals surface area contributed by atoms with Crippen LogP contribution >= 0.6 is 11.6 Å². The SMILES string of the molecule is CCCCOc1ccc(C(=O)NCCCOCCCl)cc1. The molecule has 1 N–H and O–H groups in total. The van der Waals surface area contributed by atoms with Crippen molar-refractivity contribution in [2.45, 2.75) is 26.2 Å². The Kier molecular flexibility index (Phi) is 9.66. The summed E-state index contributed by atoms with van der Waals surface area (Å²) < 4.78 is 10.8. The normalized spacial score (nSPS) is 10.4. The fraction of sp³-hybridized carbons (Fsp3) is 0.562. The summed E-state index contributed by atoms with van der Waals surface area (Å²) in [6, 6.07) is 7.21. The van der Waals surface area contributed by atoms with E-state index >= 15 is 0 Å². The van der Waals surface area contributed by atoms with Gasteiger partial charge in [0.15, 0.2) is 0 Å². The minimum Gasteiger partial charge on any atom is -0.494 e. The molecule has 0 unspecified atom stereocenters. The van der Waals surface area contributed by atoms with Gasteiger partial charge in [0.25, 0.3) is 5.91 Å². The molecule has 0 radical (unpaired) electrons. The molecule has 5 heteroatoms. The van der Waals surface area contributed by atoms with Crippen molar-refractivity contribution in [2.75, 3.05) is 32.2 Å². The van der Waals surface area contributed by atoms with Crippen LogP contribution in [0.25, 0.3) is 0 Å². The second-order valence-corrected chi connectivity index (χ2v) is 5.02. The summed E-state index contributed by atoms with van der Waals surface area (Å²) in [5.74, 6) is 1.22. The van der Waals surface area contributed by atoms with E-state index in [1.807, 2.05) is 12.1 Å². The summed E-state index contributed by atoms with van der Waals surface area (Å²) in [4.78, 5) is 11.9. The predicted molar refractivity (Wildman–Crippen MR) is 85.3 cm³/mol. The zero-order valence-electron chi connectivity index (χ0n) is 12.6. The van der Waals surface area contributed by atoms with E-state index in [2.05, 4.69) is 12.2 Å². The first-order valence-electron chi connectivity index (χ1n) is 7.42. The molecule has 0 aliphatic heterocycles. The first-order chi connectivity index (χ1) is 10.3. The van der Waals surface area contributed by atoms with E-state index in [-0.39, 0.29) is 5.91 Å². The molecule has 21 heavy (non-hydrogen) atoms. The Morgan fingerprint density at radius 3 is 2.57 bits per heavy atom. The molecule has 4 nitrogen and oxygen atoms in total. The number of alkyl halides is 1. The molecule has 0 spiro atoms. The molecule has 0 heterocycles. The van der Waals surface area contributed by atoms with Gasteiger partial charge in [-0.2, -0.15) is 0 Å². The van der Waals surface area contributed by atoms with Gasteiger partial charge in [0.05, 0.1) is 13.2 Å². The number of hydrogen-bond donors (Lipinski definition) is 1. The summed E-state index contributed by atoms with van der Waals surface area (Å²) in [7, 11) is 0. The highest BCUT2D eigenvalue weighted by atomic mass is 35.5. The van der Waals surface area contributed by atoms with E-state index in [1.165, 1.54) is 0 Å². The number of amides is 1. The van der Waals surface area contributed by atoms with Crippen molar-refractivity contribution in [3.05, 3.63) is 29.8 Å². The van der Waals surface area contributed by atoms with Crippen molar-refractivity contribution in [1.29, 1.82) is 0 Å². The van der Waals surface area contributed by atoms with Crippen LogP contribution in [0.15, 0.2) is 24.3 Å². The molecule has 0 aliphatic carbocycles. The fourth-order valence-electron chi connectivity index (χ4n) is 1.67. The Hall–Kier alpha value is -1.26. The third-order valence-electron chi connectivity index (χ3n) is 2.86. The quantitative estimate of drug-likeness (QED) is 0.504. The van der Waals surface area contributed by atoms with Gasteiger partial charge in [-0.1, -0.05) is 13.3 Å². The maximum atomic E-state index is 11.9. The van der Waals surface area contributed by atoms with Crippen molar-refractivity contribution < 1.29 is 14.3 Å². The summed E-state index contributed by atoms with van der Waals surface area (Å²) in [6.45, 7) is 4.59. The lowest BCUT2D eigenvalue weighted by atomic mass is 10.2. The van der Waals surface area contributed by atoms with E-state index in [0.717, 1.165) is 25.0 Å². The van der Waals surface area contributed by atoms with Crippen LogP contribution in [0.4, 0.5) is 0 Å². The summed E-state index contributed by atoms with van der Waals surface area (Å²) in [5, 5.41) is 2.85. The minimum atomic E-state index is -0.0764. The molecule has 0 aliphatic rings. The van der Waals surface area contributed by atoms with Gasteiger partial charge in [0, 0.05) is 24.6 Å². The molecule has 1 aromatic carbocycles. The summed E-state index contributed by atoms with van der Waals surface area (Å²) >= 11 is 5.49. The van der Waals surface area contributed by atoms with Crippen LogP contribution in [-0.2, 0) is 4.74 Å². The minimum absolute atomic E-state index is 0.0764. The number of carbonyl (C=O) groups excluding carboxylic acids is 1. The van der Waals surface area contributed by atoms with Gasteiger partial charge in [-0.05, 0) is 37.1 Å². The highest BCUT2D eigenvalue weighted by Crippen LogP contribution is 2.12. The molecule has 1 rings (SSSR count). The van der Waals surface area contributed by atoms with Crippen LogP contribution < -0.4 is 10.1 Å². The van der Waals surface area contributed by atoms with Crippen LogP contribution in [-0.4, -0.2) is 38.2 Å². The predicted octanol–water partition coefficient (Wildman–Crippen LogP) is 3.24. The van der Waals surface area contributed by atoms with Crippen LogP contribution in [0.1, 0.15) is 36.5 Å². The Morgan fingerprint density at radius 1 is 1.14 bits per heavy atom. The molecule has 0 saturated carbocycles. The maximum absolute atomic E-state index is 11.9. The van der Waals surface area contributed by atoms with Crippen molar-refractivity contribution >= 4 is 17.5 Å². The Bertz CT molecular complexity index is 395. The largest absolute Gasteiger partial charge is 0.494 e. The van der Waals surface area contributed by atoms with E-state index < -0.39 is 0 Å². The molecular formula is C16H24ClNO3. The summed E-state index contributed by atoms with van der Waals surface area (Å²) in [5.41, 5.74) is 0.638. The molecule has 1 aromatic rings. The number of unbranched alkanes of at least 4 members (excludes halogenated alkanes) is 1. The molecule has 118 valence electrons. The number of benzene rings is 1. The summed E-state index contributed by atoms with van der Waals surface area (Å²) in [6.07, 6.45) is 2.92. The lowest BCUT2D eigenvalue weighted by Crippen LogP contribution is -2.25. The first kappa shape index (κ1) is 17.8. The Morgan fingerprint density at radius 2 is 1.90 bits per heavy atom. The zero-order valence-corrected chi connectivity index (χ0v) is 13.3. The van der Waals surface area contributed by atoms with Crippen molar-refractivity contribution in [1.82, 2.24) is 5.32 Å². The fourth-order valence-corrected chi connectivity index (χ4v) is 1.78. The Labute approximate surface area is 131 Å². The maximum Gasteiger partial charge on any atom is 0.251 e. The van der Waals surface area contributed by atoms with Gasteiger partial charge in [0.1, 0.15) is 5.75 Å². The van der Waals surface area contributed by atoms with Gasteiger partial charge in [-0.3, -0.25) is 4.79 Å². The van der Waals surface area contributed by atoms with E-state index in [1.54, 1.807) is 12.1 Å². The monoisotopic (exact) mass is 313 g/mol. The molecular weight excluding hydrogens is 290 g/mol. The van der Waals surface area contributed by atoms with Crippen LogP contribution in [0.2, 0.25) is 0 Å². The molecule has 1 amide bonds. The van der Waals surface area contributed by atoms with E-state index in [9.17, 15) is 4.79 Å². The lowest BCUT2D eigenvalue weighted by molar-refractivity contribution is 0.0944. The molecule has 0 atom stereocenters. The van der Waals surface area contributed by atoms with Gasteiger partial charge < -0.3 is 14.8 Å². The number of nitrogens with one attached hydrogen (secondary N) is 1. The number of rotatable bonds is 11. The Balaban J connectivity index is 2.24. The van der Waals surface area contributed by atoms with Gasteiger partial charge in [-0.15, -0.1) is 11.6 Å². The number of hydrogen-bond acceptors (Lipinski definition) is 3. The third-order valence-corrected chi connectivity index (χ3v) is 3.01. The molecule has 0 bridgehead atoms. The highest BCUT2D eigenvalue weighted by Gasteiger charge is 2.04. The number of carbonyl (C=O) groups is 1. The van der Waals surface area contributed by atoms with Crippen molar-refractivity contribution in [3.8, 4) is 5.75 Å². The van der Waals surface area contributed by atoms with Crippen LogP contribution in [0, 0.1) is 0 Å². The third kappa shape index (κ3) is 7.93. The molecule has 0 fully saturated rings. The van der Waals surface area contributed by atoms with Crippen molar-refractivity contribution in [2.24, 2.45) is 0 Å². The van der Waals surface area contributed by atoms with E-state index in [0.29, 0.717) is 37.8 Å². The van der Waals surface area contributed by atoms with Crippen LogP contribution in [0.3, 0.4) is 0 Å². The van der Waals surface area contributed by atoms with Crippen LogP contribution in [0.5, 0.6) is 5.75 Å².